The number of imide groups is 1. The first-order chi connectivity index (χ1) is 12.5. The molecule has 1 saturated carbocycles. The second kappa shape index (κ2) is 6.49. The first-order valence-corrected chi connectivity index (χ1v) is 9.34. The molecule has 1 aromatic rings. The summed E-state index contributed by atoms with van der Waals surface area (Å²) in [7, 11) is 0. The summed E-state index contributed by atoms with van der Waals surface area (Å²) >= 11 is 2.07. The van der Waals surface area contributed by atoms with Crippen molar-refractivity contribution >= 4 is 46.5 Å². The highest BCUT2D eigenvalue weighted by Gasteiger charge is 2.59. The van der Waals surface area contributed by atoms with Crippen LogP contribution in [0, 0.1) is 27.2 Å². The molecule has 134 valence electrons. The molecule has 26 heavy (non-hydrogen) atoms. The fraction of sp³-hybridized carbons (Fsp3) is 0.333. The number of carbonyl (C=O) groups excluding carboxylic acids is 3. The number of benzene rings is 1. The van der Waals surface area contributed by atoms with E-state index in [0.717, 1.165) is 20.6 Å². The number of amides is 3. The van der Waals surface area contributed by atoms with E-state index in [0.29, 0.717) is 5.75 Å². The molecule has 2 aliphatic carbocycles. The Morgan fingerprint density at radius 1 is 1.27 bits per heavy atom. The third kappa shape index (κ3) is 2.81. The van der Waals surface area contributed by atoms with Gasteiger partial charge in [-0.3, -0.25) is 14.4 Å². The number of allylic oxidation sites excluding steroid dienone is 2. The van der Waals surface area contributed by atoms with Gasteiger partial charge in [0.25, 0.3) is 17.7 Å². The van der Waals surface area contributed by atoms with Gasteiger partial charge in [0, 0.05) is 0 Å². The van der Waals surface area contributed by atoms with Gasteiger partial charge in [-0.25, -0.2) is 0 Å². The van der Waals surface area contributed by atoms with Crippen LogP contribution in [0.1, 0.15) is 12.0 Å². The van der Waals surface area contributed by atoms with E-state index in [1.54, 1.807) is 18.2 Å². The molecule has 1 saturated heterocycles. The fourth-order valence-electron chi connectivity index (χ4n) is 3.99. The van der Waals surface area contributed by atoms with Crippen LogP contribution in [0.3, 0.4) is 0 Å². The molecule has 3 amide bonds. The summed E-state index contributed by atoms with van der Waals surface area (Å²) in [6.45, 7) is -0.195. The number of halogens is 1. The minimum atomic E-state index is -0.550. The first-order valence-electron chi connectivity index (χ1n) is 8.26. The molecule has 2 fully saturated rings. The van der Waals surface area contributed by atoms with Gasteiger partial charge in [0.2, 0.25) is 0 Å². The van der Waals surface area contributed by atoms with Crippen LogP contribution in [-0.2, 0) is 14.4 Å². The van der Waals surface area contributed by atoms with Crippen molar-refractivity contribution in [1.82, 2.24) is 5.01 Å². The van der Waals surface area contributed by atoms with Crippen LogP contribution in [0.4, 0.5) is 0 Å². The van der Waals surface area contributed by atoms with Crippen LogP contribution >= 0.6 is 22.6 Å². The van der Waals surface area contributed by atoms with Gasteiger partial charge in [-0.05, 0) is 64.6 Å². The predicted molar refractivity (Wildman–Crippen MR) is 101 cm³/mol. The zero-order valence-corrected chi connectivity index (χ0v) is 15.8. The monoisotopic (exact) mass is 465 g/mol. The van der Waals surface area contributed by atoms with E-state index < -0.39 is 5.91 Å². The maximum absolute atomic E-state index is 12.6. The molecule has 4 rings (SSSR count). The van der Waals surface area contributed by atoms with Crippen molar-refractivity contribution in [3.05, 3.63) is 39.5 Å². The number of hydrogen-bond donors (Lipinski definition) is 1. The Kier molecular flexibility index (Phi) is 4.29. The lowest BCUT2D eigenvalue weighted by molar-refractivity contribution is -0.140. The Morgan fingerprint density at radius 3 is 2.50 bits per heavy atom. The maximum Gasteiger partial charge on any atom is 0.255 e. The topological polar surface area (TPSA) is 102 Å². The highest BCUT2D eigenvalue weighted by atomic mass is 127. The average Bonchev–Trinajstić information content (AvgIpc) is 3.27. The van der Waals surface area contributed by atoms with Gasteiger partial charge in [0.05, 0.1) is 21.6 Å². The van der Waals surface area contributed by atoms with Crippen molar-refractivity contribution in [2.45, 2.75) is 6.42 Å². The van der Waals surface area contributed by atoms with Crippen LogP contribution in [-0.4, -0.2) is 35.6 Å². The predicted octanol–water partition coefficient (Wildman–Crippen LogP) is 1.30. The van der Waals surface area contributed by atoms with E-state index in [1.165, 1.54) is 6.21 Å². The minimum absolute atomic E-state index is 0.171. The standard InChI is InChI=1S/C18H16IN3O4/c19-12-5-9(1-4-13(12)26-8-14(20)23)7-21-22-17(24)15-10-2-3-11(6-10)16(15)18(22)25/h1-5,7,10-11,15-16H,6,8H2,(H2,20,23). The Hall–Kier alpha value is -2.23. The number of nitrogens with zero attached hydrogens (tertiary/aromatic N) is 2. The fourth-order valence-corrected chi connectivity index (χ4v) is 4.68. The molecule has 0 spiro atoms. The van der Waals surface area contributed by atoms with Crippen molar-refractivity contribution in [1.29, 1.82) is 0 Å². The van der Waals surface area contributed by atoms with Crippen molar-refractivity contribution in [2.75, 3.05) is 6.61 Å². The number of primary amides is 1. The molecule has 4 unspecified atom stereocenters. The smallest absolute Gasteiger partial charge is 0.255 e. The van der Waals surface area contributed by atoms with E-state index >= 15 is 0 Å². The largest absolute Gasteiger partial charge is 0.483 e. The summed E-state index contributed by atoms with van der Waals surface area (Å²) in [4.78, 5) is 35.9. The van der Waals surface area contributed by atoms with E-state index in [1.807, 2.05) is 0 Å². The minimum Gasteiger partial charge on any atom is -0.483 e. The van der Waals surface area contributed by atoms with E-state index in [9.17, 15) is 14.4 Å². The zero-order valence-electron chi connectivity index (χ0n) is 13.7. The highest BCUT2D eigenvalue weighted by molar-refractivity contribution is 14.1. The number of hydrazone groups is 1. The van der Waals surface area contributed by atoms with Crippen molar-refractivity contribution in [3.8, 4) is 5.75 Å². The van der Waals surface area contributed by atoms with Gasteiger partial charge in [0.1, 0.15) is 5.75 Å². The Balaban J connectivity index is 1.49. The maximum atomic E-state index is 12.6. The third-order valence-electron chi connectivity index (χ3n) is 5.10. The molecule has 0 radical (unpaired) electrons. The van der Waals surface area contributed by atoms with Gasteiger partial charge in [-0.1, -0.05) is 12.2 Å². The summed E-state index contributed by atoms with van der Waals surface area (Å²) < 4.78 is 6.06. The highest BCUT2D eigenvalue weighted by Crippen LogP contribution is 2.52. The summed E-state index contributed by atoms with van der Waals surface area (Å²) in [5, 5.41) is 5.16. The van der Waals surface area contributed by atoms with E-state index in [2.05, 4.69) is 39.8 Å². The van der Waals surface area contributed by atoms with E-state index in [-0.39, 0.29) is 42.1 Å². The summed E-state index contributed by atoms with van der Waals surface area (Å²) in [5.41, 5.74) is 5.79. The van der Waals surface area contributed by atoms with Gasteiger partial charge < -0.3 is 10.5 Å². The lowest BCUT2D eigenvalue weighted by Gasteiger charge is -2.13. The molecule has 1 heterocycles. The van der Waals surface area contributed by atoms with Crippen molar-refractivity contribution in [2.24, 2.45) is 34.5 Å². The van der Waals surface area contributed by atoms with Gasteiger partial charge in [-0.15, -0.1) is 0 Å². The molecule has 3 aliphatic rings. The molecule has 2 bridgehead atoms. The molecule has 1 aliphatic heterocycles. The zero-order chi connectivity index (χ0) is 18.4. The number of carbonyl (C=O) groups is 3. The summed E-state index contributed by atoms with van der Waals surface area (Å²) in [5.74, 6) is -0.584. The number of ether oxygens (including phenoxy) is 1. The van der Waals surface area contributed by atoms with Gasteiger partial charge >= 0.3 is 0 Å². The van der Waals surface area contributed by atoms with Gasteiger partial charge in [-0.2, -0.15) is 10.1 Å². The average molecular weight is 465 g/mol. The van der Waals surface area contributed by atoms with Crippen LogP contribution in [0.2, 0.25) is 0 Å². The third-order valence-corrected chi connectivity index (χ3v) is 5.94. The first kappa shape index (κ1) is 17.2. The summed E-state index contributed by atoms with van der Waals surface area (Å²) in [6.07, 6.45) is 6.50. The number of rotatable bonds is 5. The lowest BCUT2D eigenvalue weighted by Crippen LogP contribution is -2.28. The number of nitrogens with two attached hydrogens (primary N) is 1. The molecular weight excluding hydrogens is 449 g/mol. The van der Waals surface area contributed by atoms with Crippen LogP contribution in [0.5, 0.6) is 5.75 Å². The van der Waals surface area contributed by atoms with Crippen molar-refractivity contribution < 1.29 is 19.1 Å². The normalized spacial score (nSPS) is 29.0. The Bertz CT molecular complexity index is 836. The SMILES string of the molecule is NC(=O)COc1ccc(C=NN2C(=O)C3C4C=CC(C4)C3C2=O)cc1I. The molecule has 0 aromatic heterocycles. The molecule has 8 heteroatoms. The quantitative estimate of drug-likeness (QED) is 0.307. The summed E-state index contributed by atoms with van der Waals surface area (Å²) in [6, 6.07) is 5.22. The molecule has 2 N–H and O–H groups in total. The van der Waals surface area contributed by atoms with Crippen LogP contribution < -0.4 is 10.5 Å². The van der Waals surface area contributed by atoms with E-state index in [4.69, 9.17) is 10.5 Å². The molecular formula is C18H16IN3O4. The Labute approximate surface area is 163 Å². The molecule has 4 atom stereocenters. The Morgan fingerprint density at radius 2 is 1.92 bits per heavy atom. The number of fused-ring (bicyclic) bond motifs is 5. The van der Waals surface area contributed by atoms with Gasteiger partial charge in [0.15, 0.2) is 6.61 Å². The van der Waals surface area contributed by atoms with Crippen molar-refractivity contribution in [3.63, 3.8) is 0 Å². The molecule has 1 aromatic carbocycles. The van der Waals surface area contributed by atoms with Crippen LogP contribution in [0.15, 0.2) is 35.5 Å². The number of hydrogen-bond acceptors (Lipinski definition) is 5. The second-order valence-corrected chi connectivity index (χ2v) is 7.84. The molecule has 7 nitrogen and oxygen atoms in total. The second-order valence-electron chi connectivity index (χ2n) is 6.68. The lowest BCUT2D eigenvalue weighted by atomic mass is 9.85. The van der Waals surface area contributed by atoms with Crippen LogP contribution in [0.25, 0.3) is 0 Å².